The molecule has 2 fully saturated rings. The van der Waals surface area contributed by atoms with Gasteiger partial charge in [0.1, 0.15) is 11.8 Å². The van der Waals surface area contributed by atoms with Crippen molar-refractivity contribution in [2.24, 2.45) is 5.92 Å². The van der Waals surface area contributed by atoms with Crippen LogP contribution in [0.1, 0.15) is 16.4 Å². The number of anilines is 1. The van der Waals surface area contributed by atoms with Gasteiger partial charge in [-0.3, -0.25) is 23.7 Å². The molecular formula is C26H20BrCl2N3O5S2. The molecule has 1 aromatic heterocycles. The molecule has 8 nitrogen and oxygen atoms in total. The minimum absolute atomic E-state index is 0.163. The van der Waals surface area contributed by atoms with E-state index >= 15 is 0 Å². The zero-order chi connectivity index (χ0) is 27.4. The summed E-state index contributed by atoms with van der Waals surface area (Å²) in [6.07, 6.45) is 0. The molecule has 0 unspecified atom stereocenters. The normalized spacial score (nSPS) is 22.7. The van der Waals surface area contributed by atoms with Gasteiger partial charge in [0, 0.05) is 28.4 Å². The van der Waals surface area contributed by atoms with Crippen LogP contribution in [-0.2, 0) is 25.7 Å². The van der Waals surface area contributed by atoms with E-state index < -0.39 is 17.1 Å². The molecule has 2 saturated heterocycles. The summed E-state index contributed by atoms with van der Waals surface area (Å²) in [6.45, 7) is 1.63. The number of morpholine rings is 1. The topological polar surface area (TPSA) is 88.9 Å². The maximum Gasteiger partial charge on any atom is 0.308 e. The van der Waals surface area contributed by atoms with E-state index in [-0.39, 0.29) is 34.2 Å². The lowest BCUT2D eigenvalue weighted by molar-refractivity contribution is -0.136. The molecule has 3 aliphatic rings. The minimum atomic E-state index is -0.813. The Morgan fingerprint density at radius 1 is 1.03 bits per heavy atom. The first-order chi connectivity index (χ1) is 18.8. The predicted octanol–water partition coefficient (Wildman–Crippen LogP) is 4.63. The van der Waals surface area contributed by atoms with Gasteiger partial charge in [-0.1, -0.05) is 74.4 Å². The van der Waals surface area contributed by atoms with Gasteiger partial charge in [0.15, 0.2) is 0 Å². The van der Waals surface area contributed by atoms with Gasteiger partial charge >= 0.3 is 4.87 Å². The summed E-state index contributed by atoms with van der Waals surface area (Å²) < 4.78 is 7.58. The second kappa shape index (κ2) is 10.7. The smallest absolute Gasteiger partial charge is 0.308 e. The first kappa shape index (κ1) is 27.0. The van der Waals surface area contributed by atoms with E-state index in [1.165, 1.54) is 21.2 Å². The van der Waals surface area contributed by atoms with Crippen molar-refractivity contribution in [2.75, 3.05) is 31.2 Å². The highest BCUT2D eigenvalue weighted by Gasteiger charge is 2.57. The third-order valence-electron chi connectivity index (χ3n) is 7.11. The molecule has 39 heavy (non-hydrogen) atoms. The quantitative estimate of drug-likeness (QED) is 0.377. The Kier molecular flexibility index (Phi) is 7.41. The summed E-state index contributed by atoms with van der Waals surface area (Å²) in [6, 6.07) is 12.1. The van der Waals surface area contributed by atoms with Gasteiger partial charge in [-0.25, -0.2) is 4.90 Å². The highest BCUT2D eigenvalue weighted by Crippen LogP contribution is 2.55. The number of thiazole rings is 1. The first-order valence-corrected chi connectivity index (χ1v) is 15.3. The lowest BCUT2D eigenvalue weighted by Gasteiger charge is -2.31. The van der Waals surface area contributed by atoms with Crippen LogP contribution in [0.4, 0.5) is 5.69 Å². The van der Waals surface area contributed by atoms with Crippen molar-refractivity contribution in [1.82, 2.24) is 9.47 Å². The fourth-order valence-electron chi connectivity index (χ4n) is 5.24. The number of carbonyl (C=O) groups is 3. The number of imide groups is 1. The standard InChI is InChI=1S/C26H20BrCl2N3O5S2/c27-13-4-6-14(7-5-13)32-23(34)19-18(15-2-1-3-16(28)20(15)29)22-25(38-21(19)24(32)35)31(26(36)39-22)12-17(33)30-8-10-37-11-9-30/h1-7,18-19,21H,8-12H2/t18-,19-,21+/m0/s1. The average molecular weight is 669 g/mol. The lowest BCUT2D eigenvalue weighted by atomic mass is 9.83. The van der Waals surface area contributed by atoms with Gasteiger partial charge in [-0.05, 0) is 35.9 Å². The predicted molar refractivity (Wildman–Crippen MR) is 154 cm³/mol. The summed E-state index contributed by atoms with van der Waals surface area (Å²) in [7, 11) is 0. The molecule has 0 N–H and O–H groups in total. The Labute approximate surface area is 249 Å². The monoisotopic (exact) mass is 667 g/mol. The number of aromatic nitrogens is 1. The number of hydrogen-bond donors (Lipinski definition) is 0. The Morgan fingerprint density at radius 2 is 1.74 bits per heavy atom. The van der Waals surface area contributed by atoms with Gasteiger partial charge in [0.2, 0.25) is 17.7 Å². The number of ether oxygens (including phenoxy) is 1. The molecule has 4 heterocycles. The number of carbonyl (C=O) groups excluding carboxylic acids is 3. The largest absolute Gasteiger partial charge is 0.378 e. The molecule has 2 aromatic carbocycles. The van der Waals surface area contributed by atoms with Gasteiger partial charge in [0.05, 0.1) is 39.9 Å². The Hall–Kier alpha value is -2.15. The van der Waals surface area contributed by atoms with Crippen LogP contribution in [-0.4, -0.2) is 58.7 Å². The number of amides is 3. The van der Waals surface area contributed by atoms with Gasteiger partial charge in [0.25, 0.3) is 0 Å². The SMILES string of the molecule is O=C(Cn1c2c(sc1=O)[C@@H](c1cccc(Cl)c1Cl)[C@@H]1C(=O)N(c3ccc(Br)cc3)C(=O)[C@@H]1S2)N1CCOCC1. The van der Waals surface area contributed by atoms with Crippen LogP contribution < -0.4 is 9.77 Å². The zero-order valence-corrected chi connectivity index (χ0v) is 24.9. The number of thioether (sulfide) groups is 1. The molecule has 202 valence electrons. The van der Waals surface area contributed by atoms with Crippen molar-refractivity contribution in [3.63, 3.8) is 0 Å². The van der Waals surface area contributed by atoms with Crippen molar-refractivity contribution in [1.29, 1.82) is 0 Å². The number of hydrogen-bond acceptors (Lipinski definition) is 7. The summed E-state index contributed by atoms with van der Waals surface area (Å²) in [5.74, 6) is -2.45. The maximum absolute atomic E-state index is 14.0. The summed E-state index contributed by atoms with van der Waals surface area (Å²) >= 11 is 18.6. The molecule has 3 aromatic rings. The van der Waals surface area contributed by atoms with E-state index in [4.69, 9.17) is 27.9 Å². The second-order valence-corrected chi connectivity index (χ2v) is 13.1. The van der Waals surface area contributed by atoms with E-state index in [2.05, 4.69) is 15.9 Å². The number of rotatable bonds is 4. The average Bonchev–Trinajstić information content (AvgIpc) is 3.38. The third kappa shape index (κ3) is 4.66. The van der Waals surface area contributed by atoms with E-state index in [9.17, 15) is 19.2 Å². The molecule has 0 spiro atoms. The Bertz CT molecular complexity index is 1550. The van der Waals surface area contributed by atoms with Crippen LogP contribution in [0.25, 0.3) is 0 Å². The molecule has 13 heteroatoms. The summed E-state index contributed by atoms with van der Waals surface area (Å²) in [5.41, 5.74) is 1.02. The van der Waals surface area contributed by atoms with Crippen LogP contribution in [0, 0.1) is 5.92 Å². The number of fused-ring (bicyclic) bond motifs is 2. The number of nitrogens with zero attached hydrogens (tertiary/aromatic N) is 3. The van der Waals surface area contributed by atoms with Crippen LogP contribution >= 0.6 is 62.2 Å². The number of halogens is 3. The van der Waals surface area contributed by atoms with E-state index in [1.807, 2.05) is 0 Å². The van der Waals surface area contributed by atoms with Gasteiger partial charge in [-0.15, -0.1) is 0 Å². The minimum Gasteiger partial charge on any atom is -0.378 e. The van der Waals surface area contributed by atoms with Crippen molar-refractivity contribution in [3.8, 4) is 0 Å². The summed E-state index contributed by atoms with van der Waals surface area (Å²) in [5, 5.41) is 0.265. The molecule has 0 aliphatic carbocycles. The van der Waals surface area contributed by atoms with Crippen LogP contribution in [0.3, 0.4) is 0 Å². The molecule has 3 amide bonds. The molecular weight excluding hydrogens is 649 g/mol. The molecule has 6 rings (SSSR count). The Morgan fingerprint density at radius 3 is 2.46 bits per heavy atom. The summed E-state index contributed by atoms with van der Waals surface area (Å²) in [4.78, 5) is 57.3. The highest BCUT2D eigenvalue weighted by molar-refractivity contribution is 9.10. The lowest BCUT2D eigenvalue weighted by Crippen LogP contribution is -2.43. The fraction of sp³-hybridized carbons (Fsp3) is 0.308. The first-order valence-electron chi connectivity index (χ1n) is 12.1. The highest BCUT2D eigenvalue weighted by atomic mass is 79.9. The molecule has 0 radical (unpaired) electrons. The van der Waals surface area contributed by atoms with Gasteiger partial charge in [-0.2, -0.15) is 0 Å². The fourth-order valence-corrected chi connectivity index (χ4v) is 8.70. The zero-order valence-electron chi connectivity index (χ0n) is 20.1. The Balaban J connectivity index is 1.46. The molecule has 0 bridgehead atoms. The second-order valence-electron chi connectivity index (χ2n) is 9.29. The van der Waals surface area contributed by atoms with Crippen LogP contribution in [0.2, 0.25) is 10.0 Å². The van der Waals surface area contributed by atoms with Crippen molar-refractivity contribution >= 4 is 85.6 Å². The number of benzene rings is 2. The molecule has 0 saturated carbocycles. The van der Waals surface area contributed by atoms with E-state index in [0.717, 1.165) is 15.8 Å². The van der Waals surface area contributed by atoms with Crippen LogP contribution in [0.15, 0.2) is 56.8 Å². The maximum atomic E-state index is 14.0. The van der Waals surface area contributed by atoms with Crippen molar-refractivity contribution < 1.29 is 19.1 Å². The molecule has 3 aliphatic heterocycles. The van der Waals surface area contributed by atoms with Crippen molar-refractivity contribution in [2.45, 2.75) is 22.7 Å². The third-order valence-corrected chi connectivity index (χ3v) is 11.1. The molecule has 3 atom stereocenters. The van der Waals surface area contributed by atoms with E-state index in [0.29, 0.717) is 52.5 Å². The van der Waals surface area contributed by atoms with E-state index in [1.54, 1.807) is 47.4 Å². The van der Waals surface area contributed by atoms with Crippen LogP contribution in [0.5, 0.6) is 0 Å². The van der Waals surface area contributed by atoms with Crippen molar-refractivity contribution in [3.05, 3.63) is 77.1 Å². The van der Waals surface area contributed by atoms with Gasteiger partial charge < -0.3 is 9.64 Å².